The van der Waals surface area contributed by atoms with Crippen LogP contribution in [0.3, 0.4) is 0 Å². The predicted molar refractivity (Wildman–Crippen MR) is 38.7 cm³/mol. The molecule has 2 heteroatoms. The van der Waals surface area contributed by atoms with Gasteiger partial charge in [0.05, 0.1) is 6.10 Å². The summed E-state index contributed by atoms with van der Waals surface area (Å²) in [5.41, 5.74) is 0. The van der Waals surface area contributed by atoms with Gasteiger partial charge >= 0.3 is 0 Å². The molecule has 56 valence electrons. The Morgan fingerprint density at radius 2 is 2.20 bits per heavy atom. The Labute approximate surface area is 60.9 Å². The molecule has 0 unspecified atom stereocenters. The van der Waals surface area contributed by atoms with Crippen molar-refractivity contribution >= 4 is 6.29 Å². The molecule has 3 atom stereocenters. The van der Waals surface area contributed by atoms with Crippen LogP contribution in [0.15, 0.2) is 12.2 Å². The van der Waals surface area contributed by atoms with Gasteiger partial charge in [0.2, 0.25) is 0 Å². The van der Waals surface area contributed by atoms with E-state index in [4.69, 9.17) is 4.74 Å². The molecule has 0 bridgehead atoms. The molecule has 1 saturated carbocycles. The smallest absolute Gasteiger partial charge is 0.142 e. The maximum Gasteiger partial charge on any atom is 0.142 e. The Balaban J connectivity index is 2.33. The van der Waals surface area contributed by atoms with E-state index in [1.165, 1.54) is 0 Å². The van der Waals surface area contributed by atoms with Crippen LogP contribution >= 0.6 is 0 Å². The molecule has 0 aromatic rings. The summed E-state index contributed by atoms with van der Waals surface area (Å²) in [4.78, 5) is 9.91. The summed E-state index contributed by atoms with van der Waals surface area (Å²) in [6.07, 6.45) is 4.60. The third-order valence-corrected chi connectivity index (χ3v) is 2.05. The van der Waals surface area contributed by atoms with Gasteiger partial charge in [-0.25, -0.2) is 0 Å². The van der Waals surface area contributed by atoms with Gasteiger partial charge < -0.3 is 4.74 Å². The molecule has 0 aliphatic heterocycles. The zero-order chi connectivity index (χ0) is 7.56. The molecule has 1 fully saturated rings. The normalized spacial score (nSPS) is 38.4. The topological polar surface area (TPSA) is 26.3 Å². The maximum atomic E-state index is 9.91. The fourth-order valence-electron chi connectivity index (χ4n) is 1.29. The number of carbonyl (C=O) groups excluding carboxylic acids is 1. The van der Waals surface area contributed by atoms with E-state index >= 15 is 0 Å². The van der Waals surface area contributed by atoms with Gasteiger partial charge in [-0.05, 0) is 12.0 Å². The van der Waals surface area contributed by atoms with Crippen molar-refractivity contribution in [3.05, 3.63) is 12.2 Å². The molecule has 0 N–H and O–H groups in total. The quantitative estimate of drug-likeness (QED) is 0.432. The molecule has 0 spiro atoms. The first kappa shape index (κ1) is 7.48. The van der Waals surface area contributed by atoms with Crippen LogP contribution in [0.1, 0.15) is 6.92 Å². The number of hydrogen-bond donors (Lipinski definition) is 0. The van der Waals surface area contributed by atoms with Crippen molar-refractivity contribution in [3.63, 3.8) is 0 Å². The lowest BCUT2D eigenvalue weighted by atomic mass is 10.3. The molecule has 10 heavy (non-hydrogen) atoms. The summed E-state index contributed by atoms with van der Waals surface area (Å²) in [6.45, 7) is 2.12. The zero-order valence-corrected chi connectivity index (χ0v) is 6.28. The Kier molecular flexibility index (Phi) is 2.22. The Bertz CT molecular complexity index is 151. The average Bonchev–Trinajstić information content (AvgIpc) is 2.56. The minimum Gasteiger partial charge on any atom is -0.381 e. The zero-order valence-electron chi connectivity index (χ0n) is 6.28. The molecular weight excluding hydrogens is 128 g/mol. The number of aldehydes is 1. The van der Waals surface area contributed by atoms with Crippen LogP contribution in [-0.2, 0) is 9.53 Å². The number of hydrogen-bond acceptors (Lipinski definition) is 2. The highest BCUT2D eigenvalue weighted by molar-refractivity contribution is 5.64. The summed E-state index contributed by atoms with van der Waals surface area (Å²) >= 11 is 0. The molecule has 0 radical (unpaired) electrons. The van der Waals surface area contributed by atoms with E-state index in [1.807, 2.05) is 6.08 Å². The molecular formula is C8H12O2. The lowest BCUT2D eigenvalue weighted by Gasteiger charge is -1.87. The van der Waals surface area contributed by atoms with Crippen LogP contribution in [0.5, 0.6) is 0 Å². The van der Waals surface area contributed by atoms with Crippen LogP contribution in [-0.4, -0.2) is 19.5 Å². The Morgan fingerprint density at radius 1 is 1.50 bits per heavy atom. The van der Waals surface area contributed by atoms with Gasteiger partial charge in [-0.15, -0.1) is 0 Å². The highest BCUT2D eigenvalue weighted by Gasteiger charge is 2.44. The average molecular weight is 140 g/mol. The number of methoxy groups -OCH3 is 1. The second-order valence-electron chi connectivity index (χ2n) is 2.66. The number of rotatable bonds is 3. The van der Waals surface area contributed by atoms with E-state index in [1.54, 1.807) is 13.2 Å². The first-order valence-corrected chi connectivity index (χ1v) is 3.46. The minimum atomic E-state index is 0.344. The highest BCUT2D eigenvalue weighted by Crippen LogP contribution is 2.41. The van der Waals surface area contributed by atoms with Crippen molar-refractivity contribution in [1.29, 1.82) is 0 Å². The summed E-state index contributed by atoms with van der Waals surface area (Å²) in [5, 5.41) is 0. The second kappa shape index (κ2) is 2.97. The summed E-state index contributed by atoms with van der Waals surface area (Å²) in [7, 11) is 1.70. The van der Waals surface area contributed by atoms with Gasteiger partial charge in [0, 0.05) is 13.0 Å². The van der Waals surface area contributed by atoms with Crippen LogP contribution in [0.25, 0.3) is 0 Å². The summed E-state index contributed by atoms with van der Waals surface area (Å²) in [6, 6.07) is 0. The van der Waals surface area contributed by atoms with Crippen molar-refractivity contribution in [1.82, 2.24) is 0 Å². The highest BCUT2D eigenvalue weighted by atomic mass is 16.5. The van der Waals surface area contributed by atoms with E-state index in [2.05, 4.69) is 6.92 Å². The van der Waals surface area contributed by atoms with E-state index < -0.39 is 0 Å². The lowest BCUT2D eigenvalue weighted by molar-refractivity contribution is -0.104. The molecule has 0 heterocycles. The molecule has 0 aromatic heterocycles. The van der Waals surface area contributed by atoms with Gasteiger partial charge in [-0.2, -0.15) is 0 Å². The third kappa shape index (κ3) is 1.27. The fraction of sp³-hybridized carbons (Fsp3) is 0.625. The standard InChI is InChI=1S/C8H12O2/c1-6-7(4-3-5-9)8(6)10-2/h3-8H,1-2H3/b4-3+/t6-,7-,8-/m0/s1. The van der Waals surface area contributed by atoms with E-state index in [0.717, 1.165) is 6.29 Å². The Morgan fingerprint density at radius 3 is 2.60 bits per heavy atom. The maximum absolute atomic E-state index is 9.91. The van der Waals surface area contributed by atoms with Crippen molar-refractivity contribution in [2.75, 3.05) is 7.11 Å². The number of carbonyl (C=O) groups is 1. The number of ether oxygens (including phenoxy) is 1. The van der Waals surface area contributed by atoms with Crippen molar-refractivity contribution in [2.24, 2.45) is 11.8 Å². The van der Waals surface area contributed by atoms with Gasteiger partial charge in [0.25, 0.3) is 0 Å². The molecule has 0 aromatic carbocycles. The SMILES string of the molecule is CO[C@H]1[C@@H](C)[C@@H]1/C=C/C=O. The molecule has 0 saturated heterocycles. The van der Waals surface area contributed by atoms with Gasteiger partial charge in [0.1, 0.15) is 6.29 Å². The summed E-state index contributed by atoms with van der Waals surface area (Å²) < 4.78 is 5.12. The van der Waals surface area contributed by atoms with E-state index in [0.29, 0.717) is 17.9 Å². The van der Waals surface area contributed by atoms with Crippen molar-refractivity contribution < 1.29 is 9.53 Å². The largest absolute Gasteiger partial charge is 0.381 e. The number of allylic oxidation sites excluding steroid dienone is 1. The molecule has 1 aliphatic carbocycles. The lowest BCUT2D eigenvalue weighted by Crippen LogP contribution is -1.88. The fourth-order valence-corrected chi connectivity index (χ4v) is 1.29. The van der Waals surface area contributed by atoms with Gasteiger partial charge in [-0.1, -0.05) is 13.0 Å². The van der Waals surface area contributed by atoms with Crippen molar-refractivity contribution in [2.45, 2.75) is 13.0 Å². The molecule has 2 nitrogen and oxygen atoms in total. The van der Waals surface area contributed by atoms with Crippen LogP contribution in [0.4, 0.5) is 0 Å². The predicted octanol–water partition coefficient (Wildman–Crippen LogP) is 1.02. The van der Waals surface area contributed by atoms with Gasteiger partial charge in [0.15, 0.2) is 0 Å². The third-order valence-electron chi connectivity index (χ3n) is 2.05. The first-order valence-electron chi connectivity index (χ1n) is 3.46. The van der Waals surface area contributed by atoms with Crippen LogP contribution in [0.2, 0.25) is 0 Å². The molecule has 1 rings (SSSR count). The Hall–Kier alpha value is -0.630. The second-order valence-corrected chi connectivity index (χ2v) is 2.66. The van der Waals surface area contributed by atoms with Gasteiger partial charge in [-0.3, -0.25) is 4.79 Å². The van der Waals surface area contributed by atoms with E-state index in [-0.39, 0.29) is 0 Å². The van der Waals surface area contributed by atoms with Crippen molar-refractivity contribution in [3.8, 4) is 0 Å². The molecule has 1 aliphatic rings. The van der Waals surface area contributed by atoms with Crippen LogP contribution in [0, 0.1) is 11.8 Å². The minimum absolute atomic E-state index is 0.344. The van der Waals surface area contributed by atoms with Crippen LogP contribution < -0.4 is 0 Å². The molecule has 0 amide bonds. The first-order chi connectivity index (χ1) is 4.81. The van der Waals surface area contributed by atoms with E-state index in [9.17, 15) is 4.79 Å². The monoisotopic (exact) mass is 140 g/mol. The summed E-state index contributed by atoms with van der Waals surface area (Å²) in [5.74, 6) is 1.05.